The minimum atomic E-state index is 1.08. The molecule has 1 aromatic heterocycles. The predicted molar refractivity (Wildman–Crippen MR) is 76.2 cm³/mol. The van der Waals surface area contributed by atoms with Crippen molar-refractivity contribution in [1.29, 1.82) is 0 Å². The molecule has 1 heteroatoms. The maximum absolute atomic E-state index is 4.53. The van der Waals surface area contributed by atoms with E-state index < -0.39 is 0 Å². The maximum atomic E-state index is 4.53. The normalized spacial score (nSPS) is 12.5. The molecular formula is C17H19N. The molecule has 1 aromatic carbocycles. The van der Waals surface area contributed by atoms with Gasteiger partial charge in [-0.1, -0.05) is 6.07 Å². The smallest absolute Gasteiger partial charge is 0.0454 e. The molecule has 0 unspecified atom stereocenters. The Hall–Kier alpha value is -1.63. The number of fused-ring (bicyclic) bond motifs is 3. The highest BCUT2D eigenvalue weighted by molar-refractivity contribution is 5.81. The van der Waals surface area contributed by atoms with E-state index in [2.05, 4.69) is 45.7 Å². The number of benzene rings is 1. The van der Waals surface area contributed by atoms with Crippen LogP contribution in [0, 0.1) is 34.6 Å². The first-order valence-electron chi connectivity index (χ1n) is 6.55. The summed E-state index contributed by atoms with van der Waals surface area (Å²) in [6, 6.07) is 2.34. The van der Waals surface area contributed by atoms with Crippen LogP contribution in [0.3, 0.4) is 0 Å². The van der Waals surface area contributed by atoms with Gasteiger partial charge in [0, 0.05) is 17.5 Å². The summed E-state index contributed by atoms with van der Waals surface area (Å²) in [5, 5.41) is 0. The highest BCUT2D eigenvalue weighted by Gasteiger charge is 2.25. The first-order valence-corrected chi connectivity index (χ1v) is 6.55. The zero-order valence-corrected chi connectivity index (χ0v) is 11.8. The Morgan fingerprint density at radius 1 is 0.889 bits per heavy atom. The quantitative estimate of drug-likeness (QED) is 0.571. The fraction of sp³-hybridized carbons (Fsp3) is 0.353. The molecule has 0 amide bonds. The van der Waals surface area contributed by atoms with Crippen LogP contribution in [0.5, 0.6) is 0 Å². The SMILES string of the molecule is Cc1cc2c(c(C)c1C)Cc1c(C)cnc(C)c1-2. The Balaban J connectivity index is 2.39. The number of pyridine rings is 1. The zero-order valence-electron chi connectivity index (χ0n) is 11.8. The van der Waals surface area contributed by atoms with Crippen molar-refractivity contribution in [2.45, 2.75) is 41.0 Å². The van der Waals surface area contributed by atoms with Gasteiger partial charge in [-0.15, -0.1) is 0 Å². The molecule has 1 heterocycles. The fourth-order valence-electron chi connectivity index (χ4n) is 3.10. The van der Waals surface area contributed by atoms with Gasteiger partial charge in [0.1, 0.15) is 0 Å². The van der Waals surface area contributed by atoms with Crippen molar-refractivity contribution in [3.63, 3.8) is 0 Å². The maximum Gasteiger partial charge on any atom is 0.0454 e. The number of rotatable bonds is 0. The molecule has 0 saturated heterocycles. The topological polar surface area (TPSA) is 12.9 Å². The lowest BCUT2D eigenvalue weighted by Crippen LogP contribution is -1.93. The predicted octanol–water partition coefficient (Wildman–Crippen LogP) is 4.19. The molecule has 0 bridgehead atoms. The molecule has 0 fully saturated rings. The number of aryl methyl sites for hydroxylation is 3. The van der Waals surface area contributed by atoms with Crippen LogP contribution in [-0.4, -0.2) is 4.98 Å². The summed E-state index contributed by atoms with van der Waals surface area (Å²) in [5.74, 6) is 0. The van der Waals surface area contributed by atoms with Gasteiger partial charge in [-0.3, -0.25) is 4.98 Å². The zero-order chi connectivity index (χ0) is 13.0. The van der Waals surface area contributed by atoms with Gasteiger partial charge in [-0.05, 0) is 80.0 Å². The third kappa shape index (κ3) is 1.37. The Labute approximate surface area is 109 Å². The van der Waals surface area contributed by atoms with Crippen LogP contribution in [0.4, 0.5) is 0 Å². The standard InChI is InChI=1S/C17H19N/c1-9-6-16-15(12(4)11(9)3)7-14-10(2)8-18-13(5)17(14)16/h6,8H,7H2,1-5H3. The second-order valence-electron chi connectivity index (χ2n) is 5.53. The van der Waals surface area contributed by atoms with Crippen LogP contribution >= 0.6 is 0 Å². The molecule has 0 N–H and O–H groups in total. The molecule has 0 saturated carbocycles. The molecule has 1 aliphatic carbocycles. The minimum absolute atomic E-state index is 1.08. The van der Waals surface area contributed by atoms with Gasteiger partial charge in [-0.25, -0.2) is 0 Å². The van der Waals surface area contributed by atoms with Crippen LogP contribution in [0.1, 0.15) is 39.1 Å². The number of hydrogen-bond donors (Lipinski definition) is 0. The lowest BCUT2D eigenvalue weighted by Gasteiger charge is -2.12. The highest BCUT2D eigenvalue weighted by atomic mass is 14.7. The first kappa shape index (κ1) is 11.5. The van der Waals surface area contributed by atoms with E-state index in [0.717, 1.165) is 12.1 Å². The monoisotopic (exact) mass is 237 g/mol. The summed E-state index contributed by atoms with van der Waals surface area (Å²) in [4.78, 5) is 4.53. The van der Waals surface area contributed by atoms with E-state index in [1.807, 2.05) is 6.20 Å². The molecule has 3 rings (SSSR count). The Morgan fingerprint density at radius 2 is 1.61 bits per heavy atom. The van der Waals surface area contributed by atoms with Gasteiger partial charge >= 0.3 is 0 Å². The average molecular weight is 237 g/mol. The van der Waals surface area contributed by atoms with Gasteiger partial charge in [0.25, 0.3) is 0 Å². The minimum Gasteiger partial charge on any atom is -0.261 e. The average Bonchev–Trinajstić information content (AvgIpc) is 2.72. The van der Waals surface area contributed by atoms with Crippen molar-refractivity contribution in [3.8, 4) is 11.1 Å². The Bertz CT molecular complexity index is 666. The number of nitrogens with zero attached hydrogens (tertiary/aromatic N) is 1. The highest BCUT2D eigenvalue weighted by Crippen LogP contribution is 2.42. The molecule has 1 aliphatic rings. The van der Waals surface area contributed by atoms with Crippen molar-refractivity contribution in [2.24, 2.45) is 0 Å². The van der Waals surface area contributed by atoms with Crippen LogP contribution < -0.4 is 0 Å². The first-order chi connectivity index (χ1) is 8.50. The van der Waals surface area contributed by atoms with E-state index >= 15 is 0 Å². The summed E-state index contributed by atoms with van der Waals surface area (Å²) in [5.41, 5.74) is 12.6. The van der Waals surface area contributed by atoms with E-state index in [0.29, 0.717) is 0 Å². The van der Waals surface area contributed by atoms with Crippen molar-refractivity contribution in [2.75, 3.05) is 0 Å². The number of aromatic nitrogens is 1. The molecule has 1 nitrogen and oxygen atoms in total. The lowest BCUT2D eigenvalue weighted by atomic mass is 9.94. The van der Waals surface area contributed by atoms with E-state index in [9.17, 15) is 0 Å². The molecule has 2 aromatic rings. The van der Waals surface area contributed by atoms with E-state index in [1.165, 1.54) is 44.5 Å². The lowest BCUT2D eigenvalue weighted by molar-refractivity contribution is 1.11. The largest absolute Gasteiger partial charge is 0.261 e. The van der Waals surface area contributed by atoms with Crippen molar-refractivity contribution in [3.05, 3.63) is 51.3 Å². The van der Waals surface area contributed by atoms with Gasteiger partial charge < -0.3 is 0 Å². The van der Waals surface area contributed by atoms with Gasteiger partial charge in [-0.2, -0.15) is 0 Å². The summed E-state index contributed by atoms with van der Waals surface area (Å²) in [6.45, 7) is 11.0. The summed E-state index contributed by atoms with van der Waals surface area (Å²) < 4.78 is 0. The van der Waals surface area contributed by atoms with E-state index in [1.54, 1.807) is 0 Å². The molecule has 0 radical (unpaired) electrons. The van der Waals surface area contributed by atoms with E-state index in [4.69, 9.17) is 0 Å². The third-order valence-corrected chi connectivity index (χ3v) is 4.51. The summed E-state index contributed by atoms with van der Waals surface area (Å²) in [6.07, 6.45) is 3.09. The van der Waals surface area contributed by atoms with Gasteiger partial charge in [0.2, 0.25) is 0 Å². The Kier molecular flexibility index (Phi) is 2.34. The van der Waals surface area contributed by atoms with E-state index in [-0.39, 0.29) is 0 Å². The molecule has 0 spiro atoms. The van der Waals surface area contributed by atoms with Crippen molar-refractivity contribution < 1.29 is 0 Å². The third-order valence-electron chi connectivity index (χ3n) is 4.51. The molecular weight excluding hydrogens is 218 g/mol. The molecule has 92 valence electrons. The van der Waals surface area contributed by atoms with Gasteiger partial charge in [0.05, 0.1) is 0 Å². The van der Waals surface area contributed by atoms with Crippen LogP contribution in [-0.2, 0) is 6.42 Å². The summed E-state index contributed by atoms with van der Waals surface area (Å²) in [7, 11) is 0. The second-order valence-corrected chi connectivity index (χ2v) is 5.53. The van der Waals surface area contributed by atoms with Crippen molar-refractivity contribution >= 4 is 0 Å². The van der Waals surface area contributed by atoms with Crippen LogP contribution in [0.15, 0.2) is 12.3 Å². The number of hydrogen-bond acceptors (Lipinski definition) is 1. The molecule has 0 atom stereocenters. The Morgan fingerprint density at radius 3 is 2.33 bits per heavy atom. The summed E-state index contributed by atoms with van der Waals surface area (Å²) >= 11 is 0. The second kappa shape index (κ2) is 3.68. The van der Waals surface area contributed by atoms with Gasteiger partial charge in [0.15, 0.2) is 0 Å². The fourth-order valence-corrected chi connectivity index (χ4v) is 3.10. The van der Waals surface area contributed by atoms with Crippen LogP contribution in [0.2, 0.25) is 0 Å². The molecule has 18 heavy (non-hydrogen) atoms. The molecule has 0 aliphatic heterocycles. The van der Waals surface area contributed by atoms with Crippen LogP contribution in [0.25, 0.3) is 11.1 Å². The van der Waals surface area contributed by atoms with Crippen molar-refractivity contribution in [1.82, 2.24) is 4.98 Å².